The Kier molecular flexibility index (Phi) is 14.9. The van der Waals surface area contributed by atoms with Gasteiger partial charge in [-0.3, -0.25) is 37.1 Å². The zero-order chi connectivity index (χ0) is 52.5. The van der Waals surface area contributed by atoms with Crippen LogP contribution in [0.5, 0.6) is 0 Å². The quantitative estimate of drug-likeness (QED) is 0.0277. The number of anilines is 2. The van der Waals surface area contributed by atoms with Crippen LogP contribution in [-0.4, -0.2) is 175 Å². The van der Waals surface area contributed by atoms with E-state index in [1.165, 1.54) is 41.4 Å². The number of imidazole rings is 3. The Morgan fingerprint density at radius 2 is 1.37 bits per heavy atom. The minimum Gasteiger partial charge on any atom is -0.387 e. The van der Waals surface area contributed by atoms with Gasteiger partial charge in [0, 0.05) is 7.11 Å². The van der Waals surface area contributed by atoms with Crippen LogP contribution in [0.1, 0.15) is 18.7 Å². The number of nitrogens with zero attached hydrogens (tertiary/aromatic N) is 11. The lowest BCUT2D eigenvalue weighted by Crippen LogP contribution is -2.45. The predicted molar refractivity (Wildman–Crippen MR) is 238 cm³/mol. The predicted octanol–water partition coefficient (Wildman–Crippen LogP) is -3.47. The molecule has 0 aromatic carbocycles. The topological polar surface area (TPSA) is 499 Å². The van der Waals surface area contributed by atoms with Crippen LogP contribution in [0.3, 0.4) is 0 Å². The summed E-state index contributed by atoms with van der Waals surface area (Å²) in [5, 5.41) is 43.2. The molecule has 9 heterocycles. The van der Waals surface area contributed by atoms with Crippen molar-refractivity contribution in [1.82, 2.24) is 53.6 Å². The van der Waals surface area contributed by atoms with Gasteiger partial charge in [0.25, 0.3) is 5.56 Å². The van der Waals surface area contributed by atoms with E-state index in [9.17, 15) is 58.5 Å². The first-order valence-corrected chi connectivity index (χ1v) is 27.8. The minimum atomic E-state index is -6.12. The molecule has 0 radical (unpaired) electrons. The zero-order valence-electron chi connectivity index (χ0n) is 37.1. The summed E-state index contributed by atoms with van der Waals surface area (Å²) < 4.78 is 97.1. The van der Waals surface area contributed by atoms with E-state index in [1.807, 2.05) is 0 Å². The van der Waals surface area contributed by atoms with Gasteiger partial charge in [-0.05, 0) is 11.8 Å². The van der Waals surface area contributed by atoms with Crippen molar-refractivity contribution in [2.75, 3.05) is 38.4 Å². The Hall–Kier alpha value is -4.33. The molecule has 0 bridgehead atoms. The highest BCUT2D eigenvalue weighted by Crippen LogP contribution is 2.68. The van der Waals surface area contributed by atoms with Gasteiger partial charge in [-0.2, -0.15) is 13.6 Å². The van der Waals surface area contributed by atoms with Gasteiger partial charge in [0.05, 0.1) is 45.7 Å². The van der Waals surface area contributed by atoms with Gasteiger partial charge in [0.2, 0.25) is 12.2 Å². The number of aromatic amines is 1. The first-order chi connectivity index (χ1) is 34.4. The van der Waals surface area contributed by atoms with Gasteiger partial charge in [0.1, 0.15) is 66.8 Å². The molecule has 3 aliphatic rings. The van der Waals surface area contributed by atoms with Crippen LogP contribution in [0.2, 0.25) is 0 Å². The van der Waals surface area contributed by atoms with Gasteiger partial charge in [-0.1, -0.05) is 4.98 Å². The van der Waals surface area contributed by atoms with Crippen LogP contribution in [0.4, 0.5) is 11.8 Å². The lowest BCUT2D eigenvalue weighted by molar-refractivity contribution is -0.745. The minimum absolute atomic E-state index is 0.0442. The molecular formula is C32H43N14O22P4S+. The number of nitrogen functional groups attached to an aromatic ring is 2. The molecule has 0 spiro atoms. The molecule has 398 valence electrons. The molecule has 9 rings (SSSR count). The molecule has 16 unspecified atom stereocenters. The van der Waals surface area contributed by atoms with Crippen molar-refractivity contribution in [1.29, 1.82) is 0 Å². The van der Waals surface area contributed by atoms with E-state index in [-0.39, 0.29) is 39.7 Å². The number of nitrogens with two attached hydrogens (primary N) is 2. The summed E-state index contributed by atoms with van der Waals surface area (Å²) in [6, 6.07) is 0. The third-order valence-electron chi connectivity index (χ3n) is 11.4. The average Bonchev–Trinajstić information content (AvgIpc) is 4.17. The molecule has 36 nitrogen and oxygen atoms in total. The number of hydrogen-bond acceptors (Lipinski definition) is 28. The van der Waals surface area contributed by atoms with Crippen molar-refractivity contribution in [2.45, 2.75) is 73.6 Å². The second-order valence-corrected chi connectivity index (χ2v) is 23.5. The van der Waals surface area contributed by atoms with Crippen molar-refractivity contribution >= 4 is 87.3 Å². The average molecular weight is 1130 g/mol. The monoisotopic (exact) mass is 1130 g/mol. The maximum atomic E-state index is 13.2. The van der Waals surface area contributed by atoms with Crippen LogP contribution >= 0.6 is 30.2 Å². The Balaban J connectivity index is 0.861. The second-order valence-electron chi connectivity index (χ2n) is 16.1. The number of methoxy groups -OCH3 is 1. The van der Waals surface area contributed by atoms with Crippen LogP contribution in [0, 0.1) is 0 Å². The normalized spacial score (nSPS) is 31.0. The molecule has 13 N–H and O–H groups in total. The standard InChI is InChI=1S/C32H42N14O22P4S/c1-43-11-46(25-12(43)3-35-7-37-25)30-21(50)18(47)13(64-30)4-60-69(52,53)67-71(56,57)68-70(54,55)61-6-15-22(23(59-2)31(65-15)44-9-39-16-24(33)36-8-38-26(16)44)66-72(58,73)62-5-14-19(48)20(49)29(63-14)45-10-40-17-27(45)41-32(34)42-28(17)51/h3,7-11,13-15,18-23,29-31,47-50H,4-6H2,1-2H3,(H8-,33,34,36,38,41,42,51,52,53,54,55,56,57,58,73)/p+1. The van der Waals surface area contributed by atoms with Crippen molar-refractivity contribution in [3.63, 3.8) is 0 Å². The van der Waals surface area contributed by atoms with Crippen LogP contribution in [0.15, 0.2) is 42.6 Å². The maximum absolute atomic E-state index is 13.2. The molecule has 3 fully saturated rings. The second kappa shape index (κ2) is 20.3. The molecular weight excluding hydrogens is 1090 g/mol. The molecule has 0 aliphatic carbocycles. The van der Waals surface area contributed by atoms with Crippen LogP contribution in [0.25, 0.3) is 33.5 Å². The molecule has 73 heavy (non-hydrogen) atoms. The molecule has 16 atom stereocenters. The Morgan fingerprint density at radius 3 is 2.07 bits per heavy atom. The summed E-state index contributed by atoms with van der Waals surface area (Å²) in [5.41, 5.74) is 11.6. The summed E-state index contributed by atoms with van der Waals surface area (Å²) in [5.74, 6) is -0.325. The van der Waals surface area contributed by atoms with E-state index in [2.05, 4.69) is 48.5 Å². The van der Waals surface area contributed by atoms with E-state index in [0.717, 1.165) is 17.2 Å². The highest BCUT2D eigenvalue weighted by molar-refractivity contribution is 8.07. The van der Waals surface area contributed by atoms with Crippen molar-refractivity contribution in [3.05, 3.63) is 48.2 Å². The van der Waals surface area contributed by atoms with E-state index in [4.69, 9.17) is 60.3 Å². The van der Waals surface area contributed by atoms with Gasteiger partial charge in [-0.25, -0.2) is 43.2 Å². The molecule has 6 aromatic heterocycles. The maximum Gasteiger partial charge on any atom is 0.490 e. The van der Waals surface area contributed by atoms with E-state index < -0.39 is 129 Å². The summed E-state index contributed by atoms with van der Waals surface area (Å²) in [4.78, 5) is 85.6. The first-order valence-electron chi connectivity index (χ1n) is 20.8. The summed E-state index contributed by atoms with van der Waals surface area (Å²) in [6.45, 7) is -7.56. The molecule has 0 saturated carbocycles. The summed E-state index contributed by atoms with van der Waals surface area (Å²) >= 11 is 5.28. The zero-order valence-corrected chi connectivity index (χ0v) is 41.5. The van der Waals surface area contributed by atoms with Crippen LogP contribution in [-0.2, 0) is 78.2 Å². The molecule has 0 amide bonds. The van der Waals surface area contributed by atoms with Crippen molar-refractivity contribution < 1.29 is 104 Å². The Labute approximate surface area is 411 Å². The number of aryl methyl sites for hydroxylation is 1. The third-order valence-corrected chi connectivity index (χ3v) is 17.2. The smallest absolute Gasteiger partial charge is 0.387 e. The van der Waals surface area contributed by atoms with Crippen molar-refractivity contribution in [3.8, 4) is 0 Å². The number of phosphoric ester groups is 2. The first kappa shape index (κ1) is 53.5. The van der Waals surface area contributed by atoms with E-state index >= 15 is 0 Å². The van der Waals surface area contributed by atoms with E-state index in [0.29, 0.717) is 5.52 Å². The van der Waals surface area contributed by atoms with Gasteiger partial charge in [0.15, 0.2) is 53.3 Å². The fourth-order valence-electron chi connectivity index (χ4n) is 8.09. The lowest BCUT2D eigenvalue weighted by Gasteiger charge is -2.28. The highest BCUT2D eigenvalue weighted by Gasteiger charge is 2.53. The number of H-pyrrole nitrogens is 1. The number of aliphatic hydroxyl groups is 4. The Morgan fingerprint density at radius 1 is 0.753 bits per heavy atom. The number of rotatable bonds is 19. The van der Waals surface area contributed by atoms with Gasteiger partial charge in [-0.15, -0.1) is 0 Å². The van der Waals surface area contributed by atoms with Gasteiger partial charge < -0.3 is 74.9 Å². The van der Waals surface area contributed by atoms with E-state index in [1.54, 1.807) is 11.6 Å². The fourth-order valence-corrected chi connectivity index (χ4v) is 13.0. The molecule has 41 heteroatoms. The number of fused-ring (bicyclic) bond motifs is 3. The fraction of sp³-hybridized carbons (Fsp3) is 0.531. The highest BCUT2D eigenvalue weighted by atomic mass is 32.5. The van der Waals surface area contributed by atoms with Crippen molar-refractivity contribution in [2.24, 2.45) is 7.05 Å². The number of hydrogen-bond donors (Lipinski definition) is 11. The molecule has 3 saturated heterocycles. The Bertz CT molecular complexity index is 3300. The summed E-state index contributed by atoms with van der Waals surface area (Å²) in [7, 11) is -14.9. The number of aromatic nitrogens is 12. The third kappa shape index (κ3) is 10.9. The lowest BCUT2D eigenvalue weighted by atomic mass is 10.1. The SMILES string of the molecule is COC1C(OP(O)(=S)OCC2OC(n3cnc4c(=O)[nH]c(N)nc43)C(O)C2O)C(COP(=O)(O)OP(=O)(O)OP(=O)(O)OCC2OC([n+]3cn(C)c4cncnc43)C(O)C2O)OC1n1cnc2c(N)ncnc21. The largest absolute Gasteiger partial charge is 0.490 e. The van der Waals surface area contributed by atoms with Crippen LogP contribution < -0.4 is 21.6 Å². The number of phosphoric acid groups is 3. The number of aliphatic hydroxyl groups excluding tert-OH is 4. The number of ether oxygens (including phenoxy) is 4. The molecule has 6 aromatic rings. The van der Waals surface area contributed by atoms with Gasteiger partial charge >= 0.3 is 35.8 Å². The number of nitrogens with one attached hydrogen (secondary N) is 1. The molecule has 3 aliphatic heterocycles. The summed E-state index contributed by atoms with van der Waals surface area (Å²) in [6.07, 6.45) is -11.1.